The Hall–Kier alpha value is -2.24. The predicted octanol–water partition coefficient (Wildman–Crippen LogP) is 4.17. The molecule has 0 bridgehead atoms. The van der Waals surface area contributed by atoms with Gasteiger partial charge in [0.05, 0.1) is 7.11 Å². The minimum atomic E-state index is -0.249. The van der Waals surface area contributed by atoms with E-state index in [0.717, 1.165) is 29.8 Å². The first kappa shape index (κ1) is 20.1. The Kier molecular flexibility index (Phi) is 7.75. The van der Waals surface area contributed by atoms with E-state index < -0.39 is 0 Å². The normalized spacial score (nSPS) is 10.5. The van der Waals surface area contributed by atoms with Gasteiger partial charge in [0, 0.05) is 23.3 Å². The second-order valence-electron chi connectivity index (χ2n) is 5.97. The number of benzene rings is 2. The van der Waals surface area contributed by atoms with E-state index in [1.54, 1.807) is 13.2 Å². The van der Waals surface area contributed by atoms with Gasteiger partial charge in [-0.3, -0.25) is 4.79 Å². The molecule has 1 amide bonds. The molecule has 0 aliphatic carbocycles. The molecule has 0 radical (unpaired) electrons. The molecule has 0 fully saturated rings. The van der Waals surface area contributed by atoms with Crippen LogP contribution in [-0.4, -0.2) is 26.2 Å². The molecule has 2 aromatic rings. The summed E-state index contributed by atoms with van der Waals surface area (Å²) in [6.45, 7) is 5.53. The smallest absolute Gasteiger partial charge is 0.262 e. The molecule has 5 nitrogen and oxygen atoms in total. The topological polar surface area (TPSA) is 59.6 Å². The number of amides is 1. The van der Waals surface area contributed by atoms with Crippen LogP contribution in [0, 0.1) is 6.92 Å². The predicted molar refractivity (Wildman–Crippen MR) is 105 cm³/mol. The molecule has 2 aromatic carbocycles. The largest absolute Gasteiger partial charge is 0.493 e. The molecule has 0 aliphatic rings. The SMILES string of the molecule is CCCNCc1cc(OC)c(OCC(=O)Nc2ccc(C)cc2)cc1Cl. The zero-order valence-electron chi connectivity index (χ0n) is 15.4. The van der Waals surface area contributed by atoms with E-state index in [2.05, 4.69) is 17.6 Å². The van der Waals surface area contributed by atoms with Gasteiger partial charge in [0.1, 0.15) is 0 Å². The fraction of sp³-hybridized carbons (Fsp3) is 0.350. The van der Waals surface area contributed by atoms with E-state index >= 15 is 0 Å². The first-order chi connectivity index (χ1) is 12.5. The third-order valence-corrected chi connectivity index (χ3v) is 4.12. The minimum Gasteiger partial charge on any atom is -0.493 e. The van der Waals surface area contributed by atoms with Crippen molar-refractivity contribution in [2.75, 3.05) is 25.6 Å². The van der Waals surface area contributed by atoms with Crippen molar-refractivity contribution in [1.29, 1.82) is 0 Å². The van der Waals surface area contributed by atoms with E-state index in [-0.39, 0.29) is 12.5 Å². The summed E-state index contributed by atoms with van der Waals surface area (Å²) in [5, 5.41) is 6.66. The molecular formula is C20H25ClN2O3. The fourth-order valence-corrected chi connectivity index (χ4v) is 2.58. The Labute approximate surface area is 159 Å². The number of hydrogen-bond donors (Lipinski definition) is 2. The van der Waals surface area contributed by atoms with Crippen molar-refractivity contribution in [1.82, 2.24) is 5.32 Å². The number of nitrogens with one attached hydrogen (secondary N) is 2. The maximum atomic E-state index is 12.1. The van der Waals surface area contributed by atoms with Gasteiger partial charge in [0.25, 0.3) is 5.91 Å². The summed E-state index contributed by atoms with van der Waals surface area (Å²) in [6.07, 6.45) is 1.05. The summed E-state index contributed by atoms with van der Waals surface area (Å²) < 4.78 is 11.0. The van der Waals surface area contributed by atoms with Crippen molar-refractivity contribution in [2.45, 2.75) is 26.8 Å². The van der Waals surface area contributed by atoms with Crippen LogP contribution in [0.25, 0.3) is 0 Å². The summed E-state index contributed by atoms with van der Waals surface area (Å²) in [7, 11) is 1.56. The Morgan fingerprint density at radius 3 is 2.54 bits per heavy atom. The van der Waals surface area contributed by atoms with Crippen molar-refractivity contribution in [3.63, 3.8) is 0 Å². The number of anilines is 1. The zero-order valence-corrected chi connectivity index (χ0v) is 16.2. The Bertz CT molecular complexity index is 733. The molecule has 0 atom stereocenters. The van der Waals surface area contributed by atoms with Crippen LogP contribution in [0.3, 0.4) is 0 Å². The Morgan fingerprint density at radius 1 is 1.15 bits per heavy atom. The molecule has 0 aliphatic heterocycles. The van der Waals surface area contributed by atoms with Crippen LogP contribution in [0.5, 0.6) is 11.5 Å². The van der Waals surface area contributed by atoms with E-state index in [4.69, 9.17) is 21.1 Å². The lowest BCUT2D eigenvalue weighted by Crippen LogP contribution is -2.20. The van der Waals surface area contributed by atoms with E-state index in [9.17, 15) is 4.79 Å². The van der Waals surface area contributed by atoms with Gasteiger partial charge in [-0.15, -0.1) is 0 Å². The molecule has 0 saturated heterocycles. The van der Waals surface area contributed by atoms with Crippen LogP contribution in [0.15, 0.2) is 36.4 Å². The summed E-state index contributed by atoms with van der Waals surface area (Å²) in [6, 6.07) is 11.1. The fourth-order valence-electron chi connectivity index (χ4n) is 2.36. The van der Waals surface area contributed by atoms with Gasteiger partial charge in [0.15, 0.2) is 18.1 Å². The van der Waals surface area contributed by atoms with Crippen LogP contribution in [0.2, 0.25) is 5.02 Å². The minimum absolute atomic E-state index is 0.131. The lowest BCUT2D eigenvalue weighted by Gasteiger charge is -2.14. The number of halogens is 1. The highest BCUT2D eigenvalue weighted by Gasteiger charge is 2.12. The molecule has 0 aromatic heterocycles. The lowest BCUT2D eigenvalue weighted by molar-refractivity contribution is -0.118. The number of carbonyl (C=O) groups excluding carboxylic acids is 1. The number of methoxy groups -OCH3 is 1. The van der Waals surface area contributed by atoms with Gasteiger partial charge in [-0.05, 0) is 43.7 Å². The van der Waals surface area contributed by atoms with Gasteiger partial charge in [0.2, 0.25) is 0 Å². The van der Waals surface area contributed by atoms with Crippen LogP contribution in [0.1, 0.15) is 24.5 Å². The average Bonchev–Trinajstić information content (AvgIpc) is 2.63. The number of carbonyl (C=O) groups is 1. The number of rotatable bonds is 9. The van der Waals surface area contributed by atoms with E-state index in [1.807, 2.05) is 37.3 Å². The van der Waals surface area contributed by atoms with Gasteiger partial charge in [-0.25, -0.2) is 0 Å². The number of aryl methyl sites for hydroxylation is 1. The average molecular weight is 377 g/mol. The first-order valence-corrected chi connectivity index (χ1v) is 8.97. The van der Waals surface area contributed by atoms with Crippen LogP contribution >= 0.6 is 11.6 Å². The third-order valence-electron chi connectivity index (χ3n) is 3.77. The molecule has 6 heteroatoms. The van der Waals surface area contributed by atoms with Gasteiger partial charge in [-0.1, -0.05) is 36.2 Å². The van der Waals surface area contributed by atoms with Crippen molar-refractivity contribution < 1.29 is 14.3 Å². The second-order valence-corrected chi connectivity index (χ2v) is 6.38. The highest BCUT2D eigenvalue weighted by Crippen LogP contribution is 2.33. The van der Waals surface area contributed by atoms with Crippen molar-refractivity contribution in [3.05, 3.63) is 52.5 Å². The molecule has 0 unspecified atom stereocenters. The number of ether oxygens (including phenoxy) is 2. The monoisotopic (exact) mass is 376 g/mol. The van der Waals surface area contributed by atoms with E-state index in [1.165, 1.54) is 0 Å². The first-order valence-electron chi connectivity index (χ1n) is 8.60. The molecule has 0 heterocycles. The molecular weight excluding hydrogens is 352 g/mol. The molecule has 0 spiro atoms. The van der Waals surface area contributed by atoms with Crippen molar-refractivity contribution >= 4 is 23.2 Å². The van der Waals surface area contributed by atoms with Gasteiger partial charge in [-0.2, -0.15) is 0 Å². The highest BCUT2D eigenvalue weighted by molar-refractivity contribution is 6.31. The molecule has 2 rings (SSSR count). The summed E-state index contributed by atoms with van der Waals surface area (Å²) in [5.74, 6) is 0.738. The standard InChI is InChI=1S/C20H25ClN2O3/c1-4-9-22-12-15-10-18(25-3)19(11-17(15)21)26-13-20(24)23-16-7-5-14(2)6-8-16/h5-8,10-11,22H,4,9,12-13H2,1-3H3,(H,23,24). The maximum Gasteiger partial charge on any atom is 0.262 e. The third kappa shape index (κ3) is 5.93. The summed E-state index contributed by atoms with van der Waals surface area (Å²) in [4.78, 5) is 12.1. The summed E-state index contributed by atoms with van der Waals surface area (Å²) >= 11 is 6.32. The molecule has 2 N–H and O–H groups in total. The Balaban J connectivity index is 1.98. The molecule has 26 heavy (non-hydrogen) atoms. The lowest BCUT2D eigenvalue weighted by atomic mass is 10.2. The molecule has 140 valence electrons. The van der Waals surface area contributed by atoms with Crippen LogP contribution < -0.4 is 20.1 Å². The van der Waals surface area contributed by atoms with E-state index in [0.29, 0.717) is 23.1 Å². The second kappa shape index (κ2) is 10.0. The van der Waals surface area contributed by atoms with Gasteiger partial charge < -0.3 is 20.1 Å². The molecule has 0 saturated carbocycles. The zero-order chi connectivity index (χ0) is 18.9. The van der Waals surface area contributed by atoms with Crippen molar-refractivity contribution in [2.24, 2.45) is 0 Å². The van der Waals surface area contributed by atoms with Crippen LogP contribution in [-0.2, 0) is 11.3 Å². The highest BCUT2D eigenvalue weighted by atomic mass is 35.5. The Morgan fingerprint density at radius 2 is 1.88 bits per heavy atom. The van der Waals surface area contributed by atoms with Gasteiger partial charge >= 0.3 is 0 Å². The van der Waals surface area contributed by atoms with Crippen LogP contribution in [0.4, 0.5) is 5.69 Å². The van der Waals surface area contributed by atoms with Crippen molar-refractivity contribution in [3.8, 4) is 11.5 Å². The number of hydrogen-bond acceptors (Lipinski definition) is 4. The quantitative estimate of drug-likeness (QED) is 0.645. The maximum absolute atomic E-state index is 12.1. The summed E-state index contributed by atoms with van der Waals surface area (Å²) in [5.41, 5.74) is 2.78.